The van der Waals surface area contributed by atoms with E-state index in [1.165, 1.54) is 0 Å². The first-order valence-electron chi connectivity index (χ1n) is 4.71. The molecular formula is C8H14N4O2. The predicted octanol–water partition coefficient (Wildman–Crippen LogP) is 0.823. The van der Waals surface area contributed by atoms with Crippen LogP contribution >= 0.6 is 0 Å². The van der Waals surface area contributed by atoms with Gasteiger partial charge in [0.05, 0.1) is 0 Å². The molecule has 1 N–H and O–H groups in total. The number of ether oxygens (including phenoxy) is 1. The molecule has 1 aromatic rings. The lowest BCUT2D eigenvalue weighted by molar-refractivity contribution is -0.145. The lowest BCUT2D eigenvalue weighted by atomic mass is 10.2. The highest BCUT2D eigenvalue weighted by Gasteiger charge is 2.04. The quantitative estimate of drug-likeness (QED) is 0.540. The fourth-order valence-corrected chi connectivity index (χ4v) is 0.980. The number of nitrogens with one attached hydrogen (secondary N) is 1. The second-order valence-corrected chi connectivity index (χ2v) is 2.95. The third-order valence-corrected chi connectivity index (χ3v) is 1.74. The summed E-state index contributed by atoms with van der Waals surface area (Å²) in [6, 6.07) is 0. The minimum atomic E-state index is -0.205. The van der Waals surface area contributed by atoms with Gasteiger partial charge in [-0.3, -0.25) is 4.79 Å². The van der Waals surface area contributed by atoms with Crippen LogP contribution in [-0.2, 0) is 16.1 Å². The molecular weight excluding hydrogens is 184 g/mol. The molecule has 6 nitrogen and oxygen atoms in total. The number of aromatic nitrogens is 4. The number of hydrogen-bond acceptors (Lipinski definition) is 5. The van der Waals surface area contributed by atoms with Crippen LogP contribution in [0.4, 0.5) is 0 Å². The first-order chi connectivity index (χ1) is 6.83. The van der Waals surface area contributed by atoms with Gasteiger partial charge >= 0.3 is 5.97 Å². The molecule has 1 rings (SSSR count). The maximum absolute atomic E-state index is 11.1. The van der Waals surface area contributed by atoms with Crippen molar-refractivity contribution in [2.24, 2.45) is 0 Å². The maximum atomic E-state index is 11.1. The van der Waals surface area contributed by atoms with E-state index in [-0.39, 0.29) is 12.6 Å². The van der Waals surface area contributed by atoms with Gasteiger partial charge < -0.3 is 4.74 Å². The molecule has 0 fully saturated rings. The van der Waals surface area contributed by atoms with Crippen LogP contribution in [0.3, 0.4) is 0 Å². The number of carbonyl (C=O) groups is 1. The summed E-state index contributed by atoms with van der Waals surface area (Å²) in [5.41, 5.74) is 0. The van der Waals surface area contributed by atoms with Gasteiger partial charge in [0.1, 0.15) is 0 Å². The molecule has 0 atom stereocenters. The maximum Gasteiger partial charge on any atom is 0.306 e. The molecule has 0 bridgehead atoms. The summed E-state index contributed by atoms with van der Waals surface area (Å²) in [5, 5.41) is 13.0. The number of carbonyl (C=O) groups excluding carboxylic acids is 1. The molecule has 1 aromatic heterocycles. The van der Waals surface area contributed by atoms with E-state index in [9.17, 15) is 4.79 Å². The zero-order chi connectivity index (χ0) is 10.2. The second-order valence-electron chi connectivity index (χ2n) is 2.95. The topological polar surface area (TPSA) is 80.8 Å². The van der Waals surface area contributed by atoms with Crippen molar-refractivity contribution < 1.29 is 9.53 Å². The number of unbranched alkanes of at least 4 members (excludes halogenated alkanes) is 2. The first-order valence-corrected chi connectivity index (χ1v) is 4.71. The summed E-state index contributed by atoms with van der Waals surface area (Å²) in [4.78, 5) is 11.1. The Morgan fingerprint density at radius 1 is 1.50 bits per heavy atom. The van der Waals surface area contributed by atoms with E-state index in [4.69, 9.17) is 4.74 Å². The molecule has 1 heterocycles. The lowest BCUT2D eigenvalue weighted by Crippen LogP contribution is -2.05. The van der Waals surface area contributed by atoms with Crippen molar-refractivity contribution in [3.05, 3.63) is 5.82 Å². The minimum absolute atomic E-state index is 0.0987. The van der Waals surface area contributed by atoms with Gasteiger partial charge in [-0.15, -0.1) is 10.2 Å². The number of aromatic amines is 1. The van der Waals surface area contributed by atoms with Crippen molar-refractivity contribution >= 4 is 5.97 Å². The molecule has 0 amide bonds. The van der Waals surface area contributed by atoms with Crippen LogP contribution in [0.25, 0.3) is 0 Å². The number of H-pyrrole nitrogens is 1. The average molecular weight is 198 g/mol. The smallest absolute Gasteiger partial charge is 0.306 e. The van der Waals surface area contributed by atoms with Gasteiger partial charge in [0.15, 0.2) is 6.61 Å². The number of tetrazole rings is 1. The summed E-state index contributed by atoms with van der Waals surface area (Å²) in [7, 11) is 0. The van der Waals surface area contributed by atoms with E-state index in [1.54, 1.807) is 0 Å². The number of nitrogens with zero attached hydrogens (tertiary/aromatic N) is 3. The average Bonchev–Trinajstić information content (AvgIpc) is 2.68. The molecule has 0 aliphatic carbocycles. The first kappa shape index (κ1) is 10.6. The summed E-state index contributed by atoms with van der Waals surface area (Å²) in [5.74, 6) is 0.192. The zero-order valence-corrected chi connectivity index (χ0v) is 8.19. The van der Waals surface area contributed by atoms with Gasteiger partial charge in [-0.05, 0) is 6.42 Å². The lowest BCUT2D eigenvalue weighted by Gasteiger charge is -2.00. The van der Waals surface area contributed by atoms with Crippen molar-refractivity contribution in [3.8, 4) is 0 Å². The summed E-state index contributed by atoms with van der Waals surface area (Å²) in [6.45, 7) is 2.19. The fourth-order valence-electron chi connectivity index (χ4n) is 0.980. The van der Waals surface area contributed by atoms with Crippen LogP contribution in [0.1, 0.15) is 38.4 Å². The van der Waals surface area contributed by atoms with Gasteiger partial charge in [-0.1, -0.05) is 25.0 Å². The Morgan fingerprint density at radius 3 is 3.00 bits per heavy atom. The van der Waals surface area contributed by atoms with Crippen molar-refractivity contribution in [2.75, 3.05) is 0 Å². The molecule has 0 saturated heterocycles. The molecule has 0 saturated carbocycles. The van der Waals surface area contributed by atoms with Gasteiger partial charge in [0.2, 0.25) is 5.82 Å². The van der Waals surface area contributed by atoms with Crippen LogP contribution in [-0.4, -0.2) is 26.6 Å². The summed E-state index contributed by atoms with van der Waals surface area (Å²) >= 11 is 0. The van der Waals surface area contributed by atoms with Gasteiger partial charge in [-0.2, -0.15) is 5.21 Å². The van der Waals surface area contributed by atoms with Crippen molar-refractivity contribution in [1.29, 1.82) is 0 Å². The molecule has 78 valence electrons. The molecule has 6 heteroatoms. The Bertz CT molecular complexity index is 260. The number of esters is 1. The van der Waals surface area contributed by atoms with E-state index < -0.39 is 0 Å². The molecule has 0 aliphatic heterocycles. The fraction of sp³-hybridized carbons (Fsp3) is 0.750. The van der Waals surface area contributed by atoms with Crippen molar-refractivity contribution in [1.82, 2.24) is 20.6 Å². The second kappa shape index (κ2) is 6.06. The molecule has 0 unspecified atom stereocenters. The van der Waals surface area contributed by atoms with E-state index in [0.29, 0.717) is 12.2 Å². The van der Waals surface area contributed by atoms with Crippen LogP contribution in [0, 0.1) is 0 Å². The standard InChI is InChI=1S/C8H14N4O2/c1-2-3-4-5-8(13)14-6-7-9-11-12-10-7/h2-6H2,1H3,(H,9,10,11,12). The molecule has 0 aliphatic rings. The van der Waals surface area contributed by atoms with Gasteiger partial charge in [0.25, 0.3) is 0 Å². The monoisotopic (exact) mass is 198 g/mol. The molecule has 0 aromatic carbocycles. The Labute approximate surface area is 82.0 Å². The Hall–Kier alpha value is -1.46. The molecule has 0 spiro atoms. The van der Waals surface area contributed by atoms with Crippen molar-refractivity contribution in [3.63, 3.8) is 0 Å². The van der Waals surface area contributed by atoms with Gasteiger partial charge in [0, 0.05) is 6.42 Å². The highest BCUT2D eigenvalue weighted by molar-refractivity contribution is 5.69. The number of rotatable bonds is 6. The Balaban J connectivity index is 2.09. The van der Waals surface area contributed by atoms with Crippen LogP contribution in [0.15, 0.2) is 0 Å². The minimum Gasteiger partial charge on any atom is -0.457 e. The molecule has 0 radical (unpaired) electrons. The van der Waals surface area contributed by atoms with E-state index in [2.05, 4.69) is 27.5 Å². The highest BCUT2D eigenvalue weighted by atomic mass is 16.5. The predicted molar refractivity (Wildman–Crippen MR) is 48.1 cm³/mol. The van der Waals surface area contributed by atoms with Crippen molar-refractivity contribution in [2.45, 2.75) is 39.2 Å². The third kappa shape index (κ3) is 3.97. The van der Waals surface area contributed by atoms with Crippen LogP contribution in [0.5, 0.6) is 0 Å². The largest absolute Gasteiger partial charge is 0.457 e. The zero-order valence-electron chi connectivity index (χ0n) is 8.19. The van der Waals surface area contributed by atoms with Crippen LogP contribution in [0.2, 0.25) is 0 Å². The van der Waals surface area contributed by atoms with E-state index in [1.807, 2.05) is 0 Å². The Morgan fingerprint density at radius 2 is 2.36 bits per heavy atom. The summed E-state index contributed by atoms with van der Waals surface area (Å²) < 4.78 is 4.91. The van der Waals surface area contributed by atoms with Gasteiger partial charge in [-0.25, -0.2) is 0 Å². The third-order valence-electron chi connectivity index (χ3n) is 1.74. The Kier molecular flexibility index (Phi) is 4.60. The SMILES string of the molecule is CCCCCC(=O)OCc1nn[nH]n1. The van der Waals surface area contributed by atoms with E-state index in [0.717, 1.165) is 19.3 Å². The van der Waals surface area contributed by atoms with Crippen LogP contribution < -0.4 is 0 Å². The molecule has 14 heavy (non-hydrogen) atoms. The normalized spacial score (nSPS) is 10.1. The summed E-state index contributed by atoms with van der Waals surface area (Å²) in [6.07, 6.45) is 3.49. The number of hydrogen-bond donors (Lipinski definition) is 1. The van der Waals surface area contributed by atoms with E-state index >= 15 is 0 Å². The highest BCUT2D eigenvalue weighted by Crippen LogP contribution is 2.01.